The number of aromatic nitrogens is 2. The smallest absolute Gasteiger partial charge is 0.433 e. The van der Waals surface area contributed by atoms with Gasteiger partial charge in [-0.3, -0.25) is 4.79 Å². The lowest BCUT2D eigenvalue weighted by atomic mass is 10.1. The van der Waals surface area contributed by atoms with Gasteiger partial charge in [-0.25, -0.2) is 9.97 Å². The summed E-state index contributed by atoms with van der Waals surface area (Å²) in [6, 6.07) is 5.61. The van der Waals surface area contributed by atoms with Gasteiger partial charge in [0.05, 0.1) is 25.7 Å². The standard InChI is InChI=1S/C19H20F3N3O3S/c1-27-14-6-5-12(9-15(14)28-2)13-10-16(19(20,21)22)24-18(23-13)29-11-17(26)25-7-3-4-8-25/h5-6,9-10H,3-4,7-8,11H2,1-2H3. The van der Waals surface area contributed by atoms with Crippen LogP contribution in [-0.4, -0.2) is 53.8 Å². The normalized spacial score (nSPS) is 14.2. The fourth-order valence-corrected chi connectivity index (χ4v) is 3.72. The summed E-state index contributed by atoms with van der Waals surface area (Å²) in [6.07, 6.45) is -2.75. The van der Waals surface area contributed by atoms with Crippen LogP contribution in [0.5, 0.6) is 11.5 Å². The molecule has 2 heterocycles. The van der Waals surface area contributed by atoms with Crippen molar-refractivity contribution in [3.05, 3.63) is 30.0 Å². The average Bonchev–Trinajstić information content (AvgIpc) is 3.25. The Morgan fingerprint density at radius 1 is 1.10 bits per heavy atom. The molecule has 0 atom stereocenters. The highest BCUT2D eigenvalue weighted by molar-refractivity contribution is 7.99. The second-order valence-corrected chi connectivity index (χ2v) is 7.31. The van der Waals surface area contributed by atoms with Gasteiger partial charge in [-0.1, -0.05) is 11.8 Å². The van der Waals surface area contributed by atoms with E-state index in [1.165, 1.54) is 14.2 Å². The molecule has 1 aliphatic heterocycles. The maximum Gasteiger partial charge on any atom is 0.433 e. The molecule has 0 N–H and O–H groups in total. The maximum atomic E-state index is 13.4. The van der Waals surface area contributed by atoms with Gasteiger partial charge in [0.2, 0.25) is 5.91 Å². The van der Waals surface area contributed by atoms with E-state index in [-0.39, 0.29) is 22.5 Å². The summed E-state index contributed by atoms with van der Waals surface area (Å²) in [4.78, 5) is 21.7. The number of carbonyl (C=O) groups is 1. The van der Waals surface area contributed by atoms with Crippen molar-refractivity contribution in [1.82, 2.24) is 14.9 Å². The summed E-state index contributed by atoms with van der Waals surface area (Å²) >= 11 is 0.903. The Morgan fingerprint density at radius 2 is 1.79 bits per heavy atom. The molecule has 1 aliphatic rings. The molecule has 0 bridgehead atoms. The molecule has 10 heteroatoms. The summed E-state index contributed by atoms with van der Waals surface area (Å²) < 4.78 is 50.4. The van der Waals surface area contributed by atoms with Crippen LogP contribution in [0.4, 0.5) is 13.2 Å². The first-order valence-electron chi connectivity index (χ1n) is 8.91. The molecule has 0 spiro atoms. The Labute approximate surface area is 170 Å². The molecule has 1 fully saturated rings. The SMILES string of the molecule is COc1ccc(-c2cc(C(F)(F)F)nc(SCC(=O)N3CCCC3)n2)cc1OC. The predicted molar refractivity (Wildman–Crippen MR) is 102 cm³/mol. The molecule has 6 nitrogen and oxygen atoms in total. The van der Waals surface area contributed by atoms with E-state index in [0.717, 1.165) is 30.7 Å². The highest BCUT2D eigenvalue weighted by Gasteiger charge is 2.34. The molecule has 0 aliphatic carbocycles. The fraction of sp³-hybridized carbons (Fsp3) is 0.421. The van der Waals surface area contributed by atoms with Crippen molar-refractivity contribution in [3.63, 3.8) is 0 Å². The number of hydrogen-bond acceptors (Lipinski definition) is 6. The van der Waals surface area contributed by atoms with Crippen LogP contribution in [0.3, 0.4) is 0 Å². The highest BCUT2D eigenvalue weighted by atomic mass is 32.2. The molecule has 0 unspecified atom stereocenters. The second kappa shape index (κ2) is 8.89. The minimum atomic E-state index is -4.64. The summed E-state index contributed by atoms with van der Waals surface area (Å²) in [7, 11) is 2.91. The first-order valence-corrected chi connectivity index (χ1v) is 9.89. The van der Waals surface area contributed by atoms with Gasteiger partial charge in [0.25, 0.3) is 0 Å². The van der Waals surface area contributed by atoms with Gasteiger partial charge in [0.1, 0.15) is 5.69 Å². The number of likely N-dealkylation sites (tertiary alicyclic amines) is 1. The number of halogens is 3. The third-order valence-electron chi connectivity index (χ3n) is 4.46. The number of nitrogens with zero attached hydrogens (tertiary/aromatic N) is 3. The monoisotopic (exact) mass is 427 g/mol. The van der Waals surface area contributed by atoms with E-state index in [9.17, 15) is 18.0 Å². The fourth-order valence-electron chi connectivity index (χ4n) is 2.96. The van der Waals surface area contributed by atoms with Crippen molar-refractivity contribution in [2.24, 2.45) is 0 Å². The molecule has 1 amide bonds. The van der Waals surface area contributed by atoms with Crippen molar-refractivity contribution in [2.75, 3.05) is 33.1 Å². The summed E-state index contributed by atoms with van der Waals surface area (Å²) in [6.45, 7) is 1.36. The van der Waals surface area contributed by atoms with Gasteiger partial charge >= 0.3 is 6.18 Å². The second-order valence-electron chi connectivity index (χ2n) is 6.37. The third-order valence-corrected chi connectivity index (χ3v) is 5.29. The Morgan fingerprint density at radius 3 is 2.41 bits per heavy atom. The minimum Gasteiger partial charge on any atom is -0.493 e. The molecule has 2 aromatic rings. The van der Waals surface area contributed by atoms with Crippen LogP contribution in [0.15, 0.2) is 29.4 Å². The van der Waals surface area contributed by atoms with Gasteiger partial charge < -0.3 is 14.4 Å². The molecule has 3 rings (SSSR count). The Hall–Kier alpha value is -2.49. The quantitative estimate of drug-likeness (QED) is 0.515. The van der Waals surface area contributed by atoms with Crippen LogP contribution in [0, 0.1) is 0 Å². The van der Waals surface area contributed by atoms with Gasteiger partial charge in [-0.15, -0.1) is 0 Å². The van der Waals surface area contributed by atoms with Crippen molar-refractivity contribution < 1.29 is 27.4 Å². The van der Waals surface area contributed by atoms with Crippen molar-refractivity contribution >= 4 is 17.7 Å². The molecule has 1 aromatic carbocycles. The number of rotatable bonds is 6. The molecule has 1 aromatic heterocycles. The molecular formula is C19H20F3N3O3S. The topological polar surface area (TPSA) is 64.5 Å². The van der Waals surface area contributed by atoms with Crippen molar-refractivity contribution in [2.45, 2.75) is 24.2 Å². The lowest BCUT2D eigenvalue weighted by molar-refractivity contribution is -0.141. The van der Waals surface area contributed by atoms with E-state index in [4.69, 9.17) is 9.47 Å². The largest absolute Gasteiger partial charge is 0.493 e. The molecule has 29 heavy (non-hydrogen) atoms. The van der Waals surface area contributed by atoms with E-state index < -0.39 is 11.9 Å². The van der Waals surface area contributed by atoms with Crippen LogP contribution >= 0.6 is 11.8 Å². The summed E-state index contributed by atoms with van der Waals surface area (Å²) in [5, 5.41) is -0.0999. The lowest BCUT2D eigenvalue weighted by Gasteiger charge is -2.15. The van der Waals surface area contributed by atoms with Gasteiger partial charge in [-0.05, 0) is 37.1 Å². The van der Waals surface area contributed by atoms with Crippen LogP contribution < -0.4 is 9.47 Å². The Kier molecular flexibility index (Phi) is 6.51. The third kappa shape index (κ3) is 5.11. The average molecular weight is 427 g/mol. The number of ether oxygens (including phenoxy) is 2. The van der Waals surface area contributed by atoms with Crippen LogP contribution in [-0.2, 0) is 11.0 Å². The molecule has 156 valence electrons. The van der Waals surface area contributed by atoms with Crippen molar-refractivity contribution in [1.29, 1.82) is 0 Å². The van der Waals surface area contributed by atoms with E-state index in [1.54, 1.807) is 23.1 Å². The summed E-state index contributed by atoms with van der Waals surface area (Å²) in [5.74, 6) is 0.691. The van der Waals surface area contributed by atoms with E-state index >= 15 is 0 Å². The number of alkyl halides is 3. The van der Waals surface area contributed by atoms with Gasteiger partial charge in [-0.2, -0.15) is 13.2 Å². The zero-order valence-electron chi connectivity index (χ0n) is 16.0. The zero-order chi connectivity index (χ0) is 21.0. The molecular weight excluding hydrogens is 407 g/mol. The number of amides is 1. The minimum absolute atomic E-state index is 0.00726. The highest BCUT2D eigenvalue weighted by Crippen LogP contribution is 2.35. The number of thioether (sulfide) groups is 1. The van der Waals surface area contributed by atoms with Crippen LogP contribution in [0.1, 0.15) is 18.5 Å². The first-order chi connectivity index (χ1) is 13.8. The van der Waals surface area contributed by atoms with Crippen molar-refractivity contribution in [3.8, 4) is 22.8 Å². The van der Waals surface area contributed by atoms with Crippen LogP contribution in [0.25, 0.3) is 11.3 Å². The van der Waals surface area contributed by atoms with E-state index in [1.807, 2.05) is 0 Å². The van der Waals surface area contributed by atoms with Gasteiger partial charge in [0, 0.05) is 18.7 Å². The molecule has 0 radical (unpaired) electrons. The number of hydrogen-bond donors (Lipinski definition) is 0. The first kappa shape index (κ1) is 21.2. The van der Waals surface area contributed by atoms with Gasteiger partial charge in [0.15, 0.2) is 16.7 Å². The summed E-state index contributed by atoms with van der Waals surface area (Å²) in [5.41, 5.74) is -0.555. The number of benzene rings is 1. The molecule has 1 saturated heterocycles. The zero-order valence-corrected chi connectivity index (χ0v) is 16.8. The van der Waals surface area contributed by atoms with E-state index in [0.29, 0.717) is 30.2 Å². The predicted octanol–water partition coefficient (Wildman–Crippen LogP) is 3.89. The van der Waals surface area contributed by atoms with E-state index in [2.05, 4.69) is 9.97 Å². The van der Waals surface area contributed by atoms with Crippen LogP contribution in [0.2, 0.25) is 0 Å². The Bertz CT molecular complexity index is 887. The lowest BCUT2D eigenvalue weighted by Crippen LogP contribution is -2.29. The molecule has 0 saturated carbocycles. The Balaban J connectivity index is 1.90. The number of methoxy groups -OCH3 is 2. The maximum absolute atomic E-state index is 13.4. The number of carbonyl (C=O) groups excluding carboxylic acids is 1.